The summed E-state index contributed by atoms with van der Waals surface area (Å²) in [4.78, 5) is 53.9. The van der Waals surface area contributed by atoms with Gasteiger partial charge >= 0.3 is 11.9 Å². The number of carboxylic acid groups (broad SMARTS) is 2. The van der Waals surface area contributed by atoms with Gasteiger partial charge in [0, 0.05) is 24.0 Å². The Balaban J connectivity index is 1.72. The molecule has 0 aliphatic heterocycles. The van der Waals surface area contributed by atoms with Crippen LogP contribution >= 0.6 is 11.3 Å². The highest BCUT2D eigenvalue weighted by Gasteiger charge is 2.22. The van der Waals surface area contributed by atoms with Crippen molar-refractivity contribution < 1.29 is 24.6 Å². The number of aliphatic carboxylic acids is 2. The molecule has 0 aliphatic rings. The van der Waals surface area contributed by atoms with E-state index in [1.165, 1.54) is 6.07 Å². The third kappa shape index (κ3) is 4.98. The first-order valence-electron chi connectivity index (χ1n) is 9.03. The predicted molar refractivity (Wildman–Crippen MR) is 114 cm³/mol. The fourth-order valence-electron chi connectivity index (χ4n) is 2.96. The second-order valence-corrected chi connectivity index (χ2v) is 7.78. The topological polar surface area (TPSA) is 180 Å². The quantitative estimate of drug-likeness (QED) is 0.325. The molecule has 0 fully saturated rings. The van der Waals surface area contributed by atoms with Gasteiger partial charge in [-0.3, -0.25) is 14.4 Å². The SMILES string of the molecule is C=C(Cn1ccc2[nH]c(N)nc(=O)c21)c1ccc(C(=O)N[C@@H](CCC(=O)O)C(=O)O)s1. The van der Waals surface area contributed by atoms with Gasteiger partial charge in [0.25, 0.3) is 11.5 Å². The van der Waals surface area contributed by atoms with Crippen LogP contribution in [0.4, 0.5) is 5.95 Å². The predicted octanol–water partition coefficient (Wildman–Crippen LogP) is 1.13. The number of carbonyl (C=O) groups excluding carboxylic acids is 1. The van der Waals surface area contributed by atoms with Gasteiger partial charge in [-0.05, 0) is 30.2 Å². The van der Waals surface area contributed by atoms with E-state index in [4.69, 9.17) is 10.8 Å². The number of aromatic amines is 1. The number of aromatic nitrogens is 3. The van der Waals surface area contributed by atoms with Crippen LogP contribution in [0.1, 0.15) is 27.4 Å². The standard InChI is InChI=1S/C19H19N5O6S/c1-9(8-24-7-6-10-15(24)17(28)23-19(20)22-10)12-3-4-13(31-12)16(27)21-11(18(29)30)2-5-14(25)26/h3-4,6-7,11H,1-2,5,8H2,(H,21,27)(H,25,26)(H,29,30)(H3,20,22,23,28)/t11-/m0/s1. The third-order valence-corrected chi connectivity index (χ3v) is 5.63. The largest absolute Gasteiger partial charge is 0.481 e. The molecule has 0 unspecified atom stereocenters. The highest BCUT2D eigenvalue weighted by atomic mass is 32.1. The molecular formula is C19H19N5O6S. The van der Waals surface area contributed by atoms with Crippen LogP contribution in [-0.4, -0.2) is 48.6 Å². The molecule has 0 bridgehead atoms. The average molecular weight is 445 g/mol. The second-order valence-electron chi connectivity index (χ2n) is 6.70. The molecule has 1 atom stereocenters. The molecule has 162 valence electrons. The Labute approximate surface area is 178 Å². The van der Waals surface area contributed by atoms with Crippen LogP contribution in [-0.2, 0) is 16.1 Å². The van der Waals surface area contributed by atoms with Crippen molar-refractivity contribution in [3.8, 4) is 0 Å². The first-order chi connectivity index (χ1) is 14.7. The van der Waals surface area contributed by atoms with Crippen molar-refractivity contribution in [2.24, 2.45) is 0 Å². The molecule has 31 heavy (non-hydrogen) atoms. The normalized spacial score (nSPS) is 11.9. The zero-order valence-corrected chi connectivity index (χ0v) is 16.9. The van der Waals surface area contributed by atoms with Crippen LogP contribution < -0.4 is 16.6 Å². The van der Waals surface area contributed by atoms with Crippen molar-refractivity contribution >= 4 is 51.7 Å². The van der Waals surface area contributed by atoms with E-state index < -0.39 is 29.4 Å². The minimum Gasteiger partial charge on any atom is -0.481 e. The highest BCUT2D eigenvalue weighted by Crippen LogP contribution is 2.25. The Bertz CT molecular complexity index is 1240. The Morgan fingerprint density at radius 3 is 2.65 bits per heavy atom. The summed E-state index contributed by atoms with van der Waals surface area (Å²) in [5.41, 5.74) is 6.58. The van der Waals surface area contributed by atoms with E-state index in [-0.39, 0.29) is 30.2 Å². The number of rotatable bonds is 9. The Kier molecular flexibility index (Phi) is 6.20. The molecule has 3 aromatic rings. The van der Waals surface area contributed by atoms with E-state index >= 15 is 0 Å². The summed E-state index contributed by atoms with van der Waals surface area (Å²) in [5.74, 6) is -3.06. The van der Waals surface area contributed by atoms with Crippen molar-refractivity contribution in [1.29, 1.82) is 0 Å². The molecular weight excluding hydrogens is 426 g/mol. The van der Waals surface area contributed by atoms with Crippen LogP contribution in [0.15, 0.2) is 35.8 Å². The lowest BCUT2D eigenvalue weighted by Gasteiger charge is -2.12. The number of hydrogen-bond donors (Lipinski definition) is 5. The van der Waals surface area contributed by atoms with Gasteiger partial charge in [-0.15, -0.1) is 11.3 Å². The molecule has 0 spiro atoms. The summed E-state index contributed by atoms with van der Waals surface area (Å²) in [6.07, 6.45) is 1.08. The molecule has 11 nitrogen and oxygen atoms in total. The summed E-state index contributed by atoms with van der Waals surface area (Å²) in [5, 5.41) is 20.2. The number of hydrogen-bond acceptors (Lipinski definition) is 7. The third-order valence-electron chi connectivity index (χ3n) is 4.44. The molecule has 3 aromatic heterocycles. The van der Waals surface area contributed by atoms with Crippen LogP contribution in [0.2, 0.25) is 0 Å². The Morgan fingerprint density at radius 2 is 1.97 bits per heavy atom. The highest BCUT2D eigenvalue weighted by molar-refractivity contribution is 7.15. The molecule has 1 amide bonds. The minimum atomic E-state index is -1.31. The molecule has 0 saturated carbocycles. The number of nitrogens with zero attached hydrogens (tertiary/aromatic N) is 2. The number of carboxylic acids is 2. The first-order valence-corrected chi connectivity index (χ1v) is 9.85. The van der Waals surface area contributed by atoms with Crippen LogP contribution in [0.3, 0.4) is 0 Å². The maximum absolute atomic E-state index is 12.4. The van der Waals surface area contributed by atoms with E-state index in [2.05, 4.69) is 21.9 Å². The van der Waals surface area contributed by atoms with E-state index in [1.807, 2.05) is 0 Å². The lowest BCUT2D eigenvalue weighted by molar-refractivity contribution is -0.140. The summed E-state index contributed by atoms with van der Waals surface area (Å²) >= 11 is 1.11. The molecule has 0 radical (unpaired) electrons. The molecule has 0 aromatic carbocycles. The smallest absolute Gasteiger partial charge is 0.326 e. The van der Waals surface area contributed by atoms with Crippen molar-refractivity contribution in [3.05, 3.63) is 51.1 Å². The summed E-state index contributed by atoms with van der Waals surface area (Å²) in [6.45, 7) is 4.27. The Morgan fingerprint density at radius 1 is 1.26 bits per heavy atom. The first kappa shape index (κ1) is 21.8. The fraction of sp³-hybridized carbons (Fsp3) is 0.211. The van der Waals surface area contributed by atoms with Gasteiger partial charge in [0.15, 0.2) is 0 Å². The zero-order chi connectivity index (χ0) is 22.7. The lowest BCUT2D eigenvalue weighted by atomic mass is 10.1. The maximum atomic E-state index is 12.4. The van der Waals surface area contributed by atoms with Gasteiger partial charge in [0.2, 0.25) is 5.95 Å². The monoisotopic (exact) mass is 445 g/mol. The molecule has 0 aliphatic carbocycles. The van der Waals surface area contributed by atoms with Crippen LogP contribution in [0.25, 0.3) is 16.6 Å². The van der Waals surface area contributed by atoms with E-state index in [1.54, 1.807) is 22.9 Å². The number of nitrogen functional groups attached to an aromatic ring is 1. The van der Waals surface area contributed by atoms with Crippen molar-refractivity contribution in [2.75, 3.05) is 5.73 Å². The molecule has 12 heteroatoms. The number of nitrogens with two attached hydrogens (primary N) is 1. The maximum Gasteiger partial charge on any atom is 0.326 e. The number of nitrogens with one attached hydrogen (secondary N) is 2. The van der Waals surface area contributed by atoms with Crippen molar-refractivity contribution in [1.82, 2.24) is 19.9 Å². The van der Waals surface area contributed by atoms with Gasteiger partial charge in [0.1, 0.15) is 11.6 Å². The van der Waals surface area contributed by atoms with E-state index in [0.29, 0.717) is 21.5 Å². The Hall–Kier alpha value is -3.93. The minimum absolute atomic E-state index is 0.0195. The average Bonchev–Trinajstić information content (AvgIpc) is 3.32. The number of fused-ring (bicyclic) bond motifs is 1. The van der Waals surface area contributed by atoms with Gasteiger partial charge in [-0.2, -0.15) is 4.98 Å². The van der Waals surface area contributed by atoms with Gasteiger partial charge in [-0.1, -0.05) is 6.58 Å². The van der Waals surface area contributed by atoms with Crippen LogP contribution in [0.5, 0.6) is 0 Å². The van der Waals surface area contributed by atoms with Gasteiger partial charge < -0.3 is 30.8 Å². The van der Waals surface area contributed by atoms with Gasteiger partial charge in [0.05, 0.1) is 10.4 Å². The number of H-pyrrole nitrogens is 1. The van der Waals surface area contributed by atoms with Crippen LogP contribution in [0, 0.1) is 0 Å². The summed E-state index contributed by atoms with van der Waals surface area (Å²) in [6, 6.07) is 3.58. The summed E-state index contributed by atoms with van der Waals surface area (Å²) in [7, 11) is 0. The number of allylic oxidation sites excluding steroid dienone is 1. The summed E-state index contributed by atoms with van der Waals surface area (Å²) < 4.78 is 1.66. The zero-order valence-electron chi connectivity index (χ0n) is 16.1. The van der Waals surface area contributed by atoms with Crippen molar-refractivity contribution in [3.63, 3.8) is 0 Å². The number of carbonyl (C=O) groups is 3. The molecule has 3 heterocycles. The van der Waals surface area contributed by atoms with Gasteiger partial charge in [-0.25, -0.2) is 4.79 Å². The fourth-order valence-corrected chi connectivity index (χ4v) is 3.83. The molecule has 6 N–H and O–H groups in total. The van der Waals surface area contributed by atoms with E-state index in [0.717, 1.165) is 11.3 Å². The van der Waals surface area contributed by atoms with E-state index in [9.17, 15) is 24.3 Å². The number of thiophene rings is 1. The molecule has 0 saturated heterocycles. The lowest BCUT2D eigenvalue weighted by Crippen LogP contribution is -2.40. The molecule has 3 rings (SSSR count). The second kappa shape index (κ2) is 8.83. The number of amides is 1. The number of anilines is 1. The van der Waals surface area contributed by atoms with Crippen molar-refractivity contribution in [2.45, 2.75) is 25.4 Å².